The Labute approximate surface area is 119 Å². The minimum absolute atomic E-state index is 0.301. The Balaban J connectivity index is 2.30. The zero-order chi connectivity index (χ0) is 14.1. The van der Waals surface area contributed by atoms with Crippen molar-refractivity contribution in [3.8, 4) is 6.07 Å². The van der Waals surface area contributed by atoms with E-state index in [0.717, 1.165) is 44.8 Å². The smallest absolute Gasteiger partial charge is 0.106 e. The second-order valence-corrected chi connectivity index (χ2v) is 5.87. The zero-order valence-electron chi connectivity index (χ0n) is 13.0. The SMILES string of the molecule is CCNC(C#N)(CC)CCCN(CC)CC1CCC1. The van der Waals surface area contributed by atoms with Crippen molar-refractivity contribution in [2.24, 2.45) is 5.92 Å². The number of nitrogens with one attached hydrogen (secondary N) is 1. The third kappa shape index (κ3) is 5.12. The quantitative estimate of drug-likeness (QED) is 0.659. The van der Waals surface area contributed by atoms with Gasteiger partial charge in [0.1, 0.15) is 5.54 Å². The second-order valence-electron chi connectivity index (χ2n) is 5.87. The fraction of sp³-hybridized carbons (Fsp3) is 0.938. The van der Waals surface area contributed by atoms with Crippen molar-refractivity contribution >= 4 is 0 Å². The average Bonchev–Trinajstić information content (AvgIpc) is 2.39. The fourth-order valence-corrected chi connectivity index (χ4v) is 2.93. The van der Waals surface area contributed by atoms with Gasteiger partial charge in [0.25, 0.3) is 0 Å². The van der Waals surface area contributed by atoms with E-state index in [1.807, 2.05) is 0 Å². The molecule has 1 atom stereocenters. The van der Waals surface area contributed by atoms with Gasteiger partial charge in [-0.15, -0.1) is 0 Å². The Morgan fingerprint density at radius 1 is 1.32 bits per heavy atom. The first-order chi connectivity index (χ1) is 9.19. The maximum absolute atomic E-state index is 9.40. The first-order valence-electron chi connectivity index (χ1n) is 8.08. The molecule has 0 saturated heterocycles. The molecule has 0 aromatic carbocycles. The molecule has 3 heteroatoms. The summed E-state index contributed by atoms with van der Waals surface area (Å²) in [5.74, 6) is 0.945. The molecule has 0 spiro atoms. The average molecular weight is 265 g/mol. The Bertz CT molecular complexity index is 280. The molecule has 0 amide bonds. The van der Waals surface area contributed by atoms with Crippen molar-refractivity contribution in [2.45, 2.75) is 64.8 Å². The summed E-state index contributed by atoms with van der Waals surface area (Å²) in [7, 11) is 0. The number of rotatable bonds is 10. The van der Waals surface area contributed by atoms with Gasteiger partial charge in [0.05, 0.1) is 6.07 Å². The largest absolute Gasteiger partial charge is 0.303 e. The van der Waals surface area contributed by atoms with Crippen molar-refractivity contribution in [3.05, 3.63) is 0 Å². The first kappa shape index (κ1) is 16.5. The Morgan fingerprint density at radius 2 is 2.05 bits per heavy atom. The summed E-state index contributed by atoms with van der Waals surface area (Å²) in [6.07, 6.45) is 7.25. The second kappa shape index (κ2) is 8.55. The molecule has 0 aromatic rings. The van der Waals surface area contributed by atoms with Crippen LogP contribution < -0.4 is 5.32 Å². The number of hydrogen-bond acceptors (Lipinski definition) is 3. The molecule has 1 aliphatic carbocycles. The summed E-state index contributed by atoms with van der Waals surface area (Å²) in [6.45, 7) is 10.9. The third-order valence-electron chi connectivity index (χ3n) is 4.60. The predicted molar refractivity (Wildman–Crippen MR) is 81.0 cm³/mol. The van der Waals surface area contributed by atoms with E-state index >= 15 is 0 Å². The normalized spacial score (nSPS) is 18.9. The van der Waals surface area contributed by atoms with E-state index in [1.165, 1.54) is 25.8 Å². The van der Waals surface area contributed by atoms with Gasteiger partial charge in [0.15, 0.2) is 0 Å². The molecule has 1 rings (SSSR count). The van der Waals surface area contributed by atoms with Crippen LogP contribution in [0.2, 0.25) is 0 Å². The van der Waals surface area contributed by atoms with E-state index in [0.29, 0.717) is 0 Å². The van der Waals surface area contributed by atoms with Gasteiger partial charge in [-0.2, -0.15) is 5.26 Å². The molecule has 0 bridgehead atoms. The van der Waals surface area contributed by atoms with Crippen LogP contribution in [0, 0.1) is 17.2 Å². The molecule has 19 heavy (non-hydrogen) atoms. The van der Waals surface area contributed by atoms with Crippen LogP contribution in [0.25, 0.3) is 0 Å². The van der Waals surface area contributed by atoms with Crippen molar-refractivity contribution in [2.75, 3.05) is 26.2 Å². The van der Waals surface area contributed by atoms with E-state index in [9.17, 15) is 5.26 Å². The number of nitriles is 1. The third-order valence-corrected chi connectivity index (χ3v) is 4.60. The molecule has 1 aliphatic rings. The summed E-state index contributed by atoms with van der Waals surface area (Å²) in [5, 5.41) is 12.8. The summed E-state index contributed by atoms with van der Waals surface area (Å²) in [4.78, 5) is 2.56. The highest BCUT2D eigenvalue weighted by atomic mass is 15.1. The molecule has 1 N–H and O–H groups in total. The molecule has 0 aromatic heterocycles. The van der Waals surface area contributed by atoms with E-state index in [2.05, 4.69) is 37.1 Å². The topological polar surface area (TPSA) is 39.1 Å². The van der Waals surface area contributed by atoms with Crippen molar-refractivity contribution in [1.82, 2.24) is 10.2 Å². The molecular formula is C16H31N3. The zero-order valence-corrected chi connectivity index (χ0v) is 13.0. The van der Waals surface area contributed by atoms with Crippen LogP contribution in [0.15, 0.2) is 0 Å². The summed E-state index contributed by atoms with van der Waals surface area (Å²) < 4.78 is 0. The molecule has 0 radical (unpaired) electrons. The van der Waals surface area contributed by atoms with Crippen LogP contribution in [-0.2, 0) is 0 Å². The van der Waals surface area contributed by atoms with E-state index in [1.54, 1.807) is 0 Å². The fourth-order valence-electron chi connectivity index (χ4n) is 2.93. The summed E-state index contributed by atoms with van der Waals surface area (Å²) in [6, 6.07) is 2.49. The van der Waals surface area contributed by atoms with E-state index in [4.69, 9.17) is 0 Å². The highest BCUT2D eigenvalue weighted by Crippen LogP contribution is 2.27. The van der Waals surface area contributed by atoms with Crippen LogP contribution in [-0.4, -0.2) is 36.6 Å². The van der Waals surface area contributed by atoms with Crippen LogP contribution in [0.1, 0.15) is 59.3 Å². The van der Waals surface area contributed by atoms with Gasteiger partial charge in [0, 0.05) is 6.54 Å². The van der Waals surface area contributed by atoms with Crippen LogP contribution in [0.4, 0.5) is 0 Å². The van der Waals surface area contributed by atoms with E-state index < -0.39 is 0 Å². The van der Waals surface area contributed by atoms with Crippen molar-refractivity contribution in [3.63, 3.8) is 0 Å². The Hall–Kier alpha value is -0.590. The lowest BCUT2D eigenvalue weighted by Gasteiger charge is -2.32. The molecule has 1 unspecified atom stereocenters. The maximum atomic E-state index is 9.40. The van der Waals surface area contributed by atoms with E-state index in [-0.39, 0.29) is 5.54 Å². The standard InChI is InChI=1S/C16H31N3/c1-4-16(14-17,18-5-2)11-8-12-19(6-3)13-15-9-7-10-15/h15,18H,4-13H2,1-3H3. The predicted octanol–water partition coefficient (Wildman–Crippen LogP) is 3.17. The molecular weight excluding hydrogens is 234 g/mol. The molecule has 1 fully saturated rings. The lowest BCUT2D eigenvalue weighted by molar-refractivity contribution is 0.178. The lowest BCUT2D eigenvalue weighted by atomic mass is 9.85. The lowest BCUT2D eigenvalue weighted by Crippen LogP contribution is -2.44. The minimum Gasteiger partial charge on any atom is -0.303 e. The molecule has 1 saturated carbocycles. The van der Waals surface area contributed by atoms with Gasteiger partial charge in [0.2, 0.25) is 0 Å². The van der Waals surface area contributed by atoms with Crippen LogP contribution in [0.3, 0.4) is 0 Å². The first-order valence-corrected chi connectivity index (χ1v) is 8.08. The highest BCUT2D eigenvalue weighted by Gasteiger charge is 2.26. The van der Waals surface area contributed by atoms with Gasteiger partial charge < -0.3 is 4.90 Å². The molecule has 0 heterocycles. The van der Waals surface area contributed by atoms with Gasteiger partial charge in [-0.1, -0.05) is 27.2 Å². The van der Waals surface area contributed by atoms with Crippen molar-refractivity contribution in [1.29, 1.82) is 5.26 Å². The summed E-state index contributed by atoms with van der Waals surface area (Å²) >= 11 is 0. The Kier molecular flexibility index (Phi) is 7.41. The van der Waals surface area contributed by atoms with Crippen LogP contribution in [0.5, 0.6) is 0 Å². The van der Waals surface area contributed by atoms with Gasteiger partial charge >= 0.3 is 0 Å². The molecule has 110 valence electrons. The monoisotopic (exact) mass is 265 g/mol. The van der Waals surface area contributed by atoms with Gasteiger partial charge in [-0.05, 0) is 57.7 Å². The molecule has 0 aliphatic heterocycles. The van der Waals surface area contributed by atoms with Gasteiger partial charge in [-0.3, -0.25) is 5.32 Å². The number of hydrogen-bond donors (Lipinski definition) is 1. The van der Waals surface area contributed by atoms with Gasteiger partial charge in [-0.25, -0.2) is 0 Å². The van der Waals surface area contributed by atoms with Crippen molar-refractivity contribution < 1.29 is 0 Å². The molecule has 3 nitrogen and oxygen atoms in total. The minimum atomic E-state index is -0.301. The maximum Gasteiger partial charge on any atom is 0.106 e. The van der Waals surface area contributed by atoms with Crippen LogP contribution >= 0.6 is 0 Å². The number of nitrogens with zero attached hydrogens (tertiary/aromatic N) is 2. The highest BCUT2D eigenvalue weighted by molar-refractivity contribution is 5.06. The summed E-state index contributed by atoms with van der Waals surface area (Å²) in [5.41, 5.74) is -0.301. The Morgan fingerprint density at radius 3 is 2.47 bits per heavy atom.